The van der Waals surface area contributed by atoms with Crippen molar-refractivity contribution in [3.05, 3.63) is 171 Å². The Morgan fingerprint density at radius 3 is 2.32 bits per heavy atom. The van der Waals surface area contributed by atoms with E-state index in [1.807, 2.05) is 78.9 Å². The molecule has 308 valence electrons. The number of benzene rings is 5. The predicted molar refractivity (Wildman–Crippen MR) is 227 cm³/mol. The number of phenolic OH excluding ortho intramolecular Hbond substituents is 1. The van der Waals surface area contributed by atoms with Gasteiger partial charge in [-0.15, -0.1) is 0 Å². The third kappa shape index (κ3) is 9.86. The number of hydrogen-bond acceptors (Lipinski definition) is 10. The number of H-pyrrole nitrogens is 1. The lowest BCUT2D eigenvalue weighted by Crippen LogP contribution is -2.52. The summed E-state index contributed by atoms with van der Waals surface area (Å²) in [4.78, 5) is 42.9. The summed E-state index contributed by atoms with van der Waals surface area (Å²) in [6.45, 7) is 4.08. The van der Waals surface area contributed by atoms with Crippen LogP contribution in [0.4, 0.5) is 4.79 Å². The maximum absolute atomic E-state index is 13.2. The molecule has 1 amide bonds. The summed E-state index contributed by atoms with van der Waals surface area (Å²) in [6, 6.07) is 37.5. The van der Waals surface area contributed by atoms with Crippen LogP contribution in [0.3, 0.4) is 0 Å². The molecule has 3 fully saturated rings. The zero-order chi connectivity index (χ0) is 41.4. The van der Waals surface area contributed by atoms with Crippen molar-refractivity contribution in [1.29, 1.82) is 0 Å². The Morgan fingerprint density at radius 1 is 0.817 bits per heavy atom. The van der Waals surface area contributed by atoms with Gasteiger partial charge in [0, 0.05) is 24.5 Å². The van der Waals surface area contributed by atoms with Crippen molar-refractivity contribution < 1.29 is 34.0 Å². The molecule has 0 aliphatic carbocycles. The number of esters is 1. The molecule has 12 nitrogen and oxygen atoms in total. The van der Waals surface area contributed by atoms with Gasteiger partial charge >= 0.3 is 12.1 Å². The van der Waals surface area contributed by atoms with Crippen LogP contribution < -0.4 is 25.7 Å². The number of pyridine rings is 1. The molecule has 12 heteroatoms. The van der Waals surface area contributed by atoms with Gasteiger partial charge in [-0.3, -0.25) is 9.69 Å². The van der Waals surface area contributed by atoms with E-state index in [2.05, 4.69) is 20.5 Å². The summed E-state index contributed by atoms with van der Waals surface area (Å²) in [5.74, 6) is 0.952. The molecule has 60 heavy (non-hydrogen) atoms. The van der Waals surface area contributed by atoms with Crippen LogP contribution >= 0.6 is 0 Å². The number of aliphatic hydroxyl groups is 1. The lowest BCUT2D eigenvalue weighted by atomic mass is 9.86. The maximum atomic E-state index is 13.2. The number of piperidine rings is 3. The molecule has 5 aromatic carbocycles. The second-order valence-corrected chi connectivity index (χ2v) is 15.4. The number of aromatic amines is 1. The first-order chi connectivity index (χ1) is 29.3. The molecule has 2 bridgehead atoms. The van der Waals surface area contributed by atoms with Crippen molar-refractivity contribution in [1.82, 2.24) is 20.5 Å². The van der Waals surface area contributed by atoms with E-state index in [0.29, 0.717) is 52.4 Å². The standard InChI is InChI=1S/C48H48N4O8/c53-41-19-17-39(40-18-20-44(55)50-46(40)41)42(54)28-49-24-21-31-11-15-37(16-12-31)59-47(56)35-13-9-32(10-14-35)30-58-38-8-4-7-36(27-38)45(34-5-2-1-3-6-34)51-48(57)60-43-29-52-25-22-33(43)23-26-52/h1-20,27,33,42-43,45,49,53-54H,21-26,28-30H2,(H,50,55)(H,51,57)/t42-,43+,45?/m1/s1. The Balaban J connectivity index is 0.803. The van der Waals surface area contributed by atoms with E-state index in [1.54, 1.807) is 36.4 Å². The average Bonchev–Trinajstić information content (AvgIpc) is 3.28. The number of carbonyl (C=O) groups excluding carboxylic acids is 2. The van der Waals surface area contributed by atoms with Crippen LogP contribution in [0, 0.1) is 5.92 Å². The Kier molecular flexibility index (Phi) is 12.5. The molecular weight excluding hydrogens is 761 g/mol. The number of amides is 1. The molecule has 3 aliphatic heterocycles. The van der Waals surface area contributed by atoms with Gasteiger partial charge in [0.1, 0.15) is 30.0 Å². The van der Waals surface area contributed by atoms with Crippen LogP contribution in [-0.4, -0.2) is 71.0 Å². The van der Waals surface area contributed by atoms with Gasteiger partial charge in [0.05, 0.1) is 23.2 Å². The first-order valence-corrected chi connectivity index (χ1v) is 20.4. The van der Waals surface area contributed by atoms with Gasteiger partial charge < -0.3 is 40.0 Å². The van der Waals surface area contributed by atoms with Crippen molar-refractivity contribution in [3.8, 4) is 17.2 Å². The van der Waals surface area contributed by atoms with Gasteiger partial charge in [0.25, 0.3) is 0 Å². The summed E-state index contributed by atoms with van der Waals surface area (Å²) >= 11 is 0. The van der Waals surface area contributed by atoms with E-state index in [4.69, 9.17) is 14.2 Å². The van der Waals surface area contributed by atoms with Gasteiger partial charge in [0.2, 0.25) is 5.56 Å². The normalized spacial score (nSPS) is 18.1. The summed E-state index contributed by atoms with van der Waals surface area (Å²) in [5.41, 5.74) is 4.66. The first kappa shape index (κ1) is 40.3. The zero-order valence-electron chi connectivity index (χ0n) is 33.1. The van der Waals surface area contributed by atoms with Gasteiger partial charge in [-0.25, -0.2) is 9.59 Å². The number of nitrogens with one attached hydrogen (secondary N) is 3. The van der Waals surface area contributed by atoms with Crippen molar-refractivity contribution in [2.24, 2.45) is 5.92 Å². The highest BCUT2D eigenvalue weighted by Crippen LogP contribution is 2.32. The predicted octanol–water partition coefficient (Wildman–Crippen LogP) is 6.81. The Morgan fingerprint density at radius 2 is 1.57 bits per heavy atom. The first-order valence-electron chi connectivity index (χ1n) is 20.4. The Bertz CT molecular complexity index is 2470. The van der Waals surface area contributed by atoms with Crippen LogP contribution in [0.15, 0.2) is 132 Å². The van der Waals surface area contributed by atoms with Gasteiger partial charge in [-0.2, -0.15) is 0 Å². The monoisotopic (exact) mass is 808 g/mol. The van der Waals surface area contributed by atoms with Gasteiger partial charge in [0.15, 0.2) is 0 Å². The average molecular weight is 809 g/mol. The van der Waals surface area contributed by atoms with Crippen molar-refractivity contribution >= 4 is 23.0 Å². The summed E-state index contributed by atoms with van der Waals surface area (Å²) in [5, 5.41) is 27.9. The van der Waals surface area contributed by atoms with E-state index in [-0.39, 0.29) is 30.6 Å². The summed E-state index contributed by atoms with van der Waals surface area (Å²) < 4.78 is 17.8. The Hall–Kier alpha value is -6.47. The third-order valence-corrected chi connectivity index (χ3v) is 11.4. The number of aromatic hydroxyl groups is 1. The van der Waals surface area contributed by atoms with Crippen LogP contribution in [0.25, 0.3) is 10.9 Å². The molecule has 4 heterocycles. The molecule has 9 rings (SSSR count). The highest BCUT2D eigenvalue weighted by atomic mass is 16.6. The number of aromatic nitrogens is 1. The van der Waals surface area contributed by atoms with Crippen molar-refractivity contribution in [2.45, 2.75) is 44.1 Å². The lowest BCUT2D eigenvalue weighted by Gasteiger charge is -2.43. The fraction of sp³-hybridized carbons (Fsp3) is 0.271. The summed E-state index contributed by atoms with van der Waals surface area (Å²) in [6.07, 6.45) is 1.44. The number of aliphatic hydroxyl groups excluding tert-OH is 1. The molecule has 3 saturated heterocycles. The second-order valence-electron chi connectivity index (χ2n) is 15.4. The molecule has 0 saturated carbocycles. The molecule has 0 radical (unpaired) electrons. The van der Waals surface area contributed by atoms with Crippen LogP contribution in [-0.2, 0) is 17.8 Å². The smallest absolute Gasteiger partial charge is 0.408 e. The Labute approximate surface area is 347 Å². The quantitative estimate of drug-likeness (QED) is 0.0424. The van der Waals surface area contributed by atoms with E-state index in [1.165, 1.54) is 12.1 Å². The minimum atomic E-state index is -0.847. The number of ether oxygens (including phenoxy) is 3. The molecular formula is C48H48N4O8. The van der Waals surface area contributed by atoms with Crippen LogP contribution in [0.5, 0.6) is 17.2 Å². The number of nitrogens with zero attached hydrogens (tertiary/aromatic N) is 1. The molecule has 3 atom stereocenters. The number of phenols is 1. The SMILES string of the molecule is O=C(NC(c1ccccc1)c1cccc(OCc2ccc(C(=O)Oc3ccc(CCNC[C@@H](O)c4ccc(O)c5[nH]c(=O)ccc45)cc3)cc2)c1)O[C@H]1CN2CCC1CC2. The minimum Gasteiger partial charge on any atom is -0.506 e. The molecule has 1 unspecified atom stereocenters. The summed E-state index contributed by atoms with van der Waals surface area (Å²) in [7, 11) is 0. The van der Waals surface area contributed by atoms with E-state index in [0.717, 1.165) is 54.7 Å². The largest absolute Gasteiger partial charge is 0.506 e. The van der Waals surface area contributed by atoms with Crippen molar-refractivity contribution in [3.63, 3.8) is 0 Å². The van der Waals surface area contributed by atoms with E-state index < -0.39 is 24.2 Å². The van der Waals surface area contributed by atoms with Gasteiger partial charge in [-0.1, -0.05) is 72.8 Å². The molecule has 3 aliphatic rings. The fourth-order valence-corrected chi connectivity index (χ4v) is 8.05. The van der Waals surface area contributed by atoms with Gasteiger partial charge in [-0.05, 0) is 121 Å². The van der Waals surface area contributed by atoms with E-state index in [9.17, 15) is 24.6 Å². The third-order valence-electron chi connectivity index (χ3n) is 11.4. The zero-order valence-corrected chi connectivity index (χ0v) is 33.1. The van der Waals surface area contributed by atoms with Crippen LogP contribution in [0.1, 0.15) is 63.2 Å². The number of rotatable bonds is 15. The van der Waals surface area contributed by atoms with Crippen LogP contribution in [0.2, 0.25) is 0 Å². The molecule has 6 aromatic rings. The topological polar surface area (TPSA) is 162 Å². The number of alkyl carbamates (subject to hydrolysis) is 1. The highest BCUT2D eigenvalue weighted by Gasteiger charge is 2.37. The number of fused-ring (bicyclic) bond motifs is 4. The minimum absolute atomic E-state index is 0.0534. The molecule has 5 N–H and O–H groups in total. The molecule has 0 spiro atoms. The molecule has 1 aromatic heterocycles. The van der Waals surface area contributed by atoms with E-state index >= 15 is 0 Å². The highest BCUT2D eigenvalue weighted by molar-refractivity contribution is 5.91. The second kappa shape index (κ2) is 18.6. The fourth-order valence-electron chi connectivity index (χ4n) is 8.05. The number of carbonyl (C=O) groups is 2. The maximum Gasteiger partial charge on any atom is 0.408 e. The van der Waals surface area contributed by atoms with Crippen molar-refractivity contribution in [2.75, 3.05) is 32.7 Å². The number of hydrogen-bond donors (Lipinski definition) is 5. The lowest BCUT2D eigenvalue weighted by molar-refractivity contribution is -0.0336.